The van der Waals surface area contributed by atoms with E-state index in [-0.39, 0.29) is 10.6 Å². The van der Waals surface area contributed by atoms with Crippen LogP contribution in [0.3, 0.4) is 0 Å². The largest absolute Gasteiger partial charge is 0.497 e. The molecule has 1 aromatic heterocycles. The number of ether oxygens (including phenoxy) is 2. The van der Waals surface area contributed by atoms with E-state index in [4.69, 9.17) is 9.47 Å². The van der Waals surface area contributed by atoms with Gasteiger partial charge in [-0.05, 0) is 54.6 Å². The number of imide groups is 1. The van der Waals surface area contributed by atoms with Crippen LogP contribution in [0.2, 0.25) is 0 Å². The number of rotatable bonds is 7. The second kappa shape index (κ2) is 12.0. The average molecular weight is 721 g/mol. The molecule has 3 atom stereocenters. The lowest BCUT2D eigenvalue weighted by Gasteiger charge is -2.31. The van der Waals surface area contributed by atoms with Gasteiger partial charge >= 0.3 is 11.0 Å². The molecule has 9 nitrogen and oxygen atoms in total. The molecule has 1 saturated heterocycles. The first-order chi connectivity index (χ1) is 21.5. The van der Waals surface area contributed by atoms with Gasteiger partial charge in [-0.25, -0.2) is 4.90 Å². The number of aromatic amines is 1. The molecule has 6 rings (SSSR count). The monoisotopic (exact) mass is 719 g/mol. The van der Waals surface area contributed by atoms with Crippen LogP contribution >= 0.6 is 39.0 Å². The molecule has 4 aromatic rings. The fourth-order valence-corrected chi connectivity index (χ4v) is 8.29. The number of alkyl halides is 3. The Hall–Kier alpha value is -4.08. The zero-order valence-corrected chi connectivity index (χ0v) is 26.2. The summed E-state index contributed by atoms with van der Waals surface area (Å²) in [6, 6.07) is 15.9. The Bertz CT molecular complexity index is 1880. The van der Waals surface area contributed by atoms with Crippen LogP contribution in [-0.2, 0) is 20.6 Å². The molecular weight excluding hydrogens is 699 g/mol. The molecule has 232 valence electrons. The maximum Gasteiger partial charge on any atom is 0.418 e. The van der Waals surface area contributed by atoms with Crippen molar-refractivity contribution in [1.82, 2.24) is 4.98 Å². The Morgan fingerprint density at radius 1 is 1.04 bits per heavy atom. The first-order valence-corrected chi connectivity index (χ1v) is 15.7. The van der Waals surface area contributed by atoms with E-state index in [9.17, 15) is 32.3 Å². The molecule has 2 N–H and O–H groups in total. The summed E-state index contributed by atoms with van der Waals surface area (Å²) >= 11 is 5.45. The van der Waals surface area contributed by atoms with Gasteiger partial charge in [-0.15, -0.1) is 0 Å². The maximum absolute atomic E-state index is 14.1. The summed E-state index contributed by atoms with van der Waals surface area (Å²) in [7, 11) is 1.50. The molecule has 3 heterocycles. The van der Waals surface area contributed by atoms with Crippen molar-refractivity contribution in [3.8, 4) is 11.5 Å². The van der Waals surface area contributed by atoms with E-state index in [1.807, 2.05) is 0 Å². The van der Waals surface area contributed by atoms with Crippen molar-refractivity contribution in [2.45, 2.75) is 22.4 Å². The molecule has 2 aliphatic heterocycles. The Morgan fingerprint density at radius 2 is 1.78 bits per heavy atom. The number of carbonyl (C=O) groups is 3. The number of methoxy groups -OCH3 is 1. The van der Waals surface area contributed by atoms with Gasteiger partial charge in [0.25, 0.3) is 5.91 Å². The lowest BCUT2D eigenvalue weighted by atomic mass is 9.82. The molecule has 0 aliphatic carbocycles. The van der Waals surface area contributed by atoms with Gasteiger partial charge in [0.2, 0.25) is 11.8 Å². The van der Waals surface area contributed by atoms with E-state index in [1.165, 1.54) is 19.2 Å². The molecule has 3 aromatic carbocycles. The van der Waals surface area contributed by atoms with Crippen LogP contribution in [0.4, 0.5) is 24.5 Å². The number of aromatic nitrogens is 1. The number of nitrogens with zero attached hydrogens (tertiary/aromatic N) is 1. The number of hydrogen-bond acceptors (Lipinski definition) is 8. The highest BCUT2D eigenvalue weighted by Gasteiger charge is 2.57. The molecule has 2 unspecified atom stereocenters. The van der Waals surface area contributed by atoms with Gasteiger partial charge in [0.05, 0.1) is 35.0 Å². The van der Waals surface area contributed by atoms with E-state index in [0.29, 0.717) is 31.4 Å². The summed E-state index contributed by atoms with van der Waals surface area (Å²) in [5.74, 6) is -2.84. The summed E-state index contributed by atoms with van der Waals surface area (Å²) in [5.41, 5.74) is -0.651. The predicted molar refractivity (Wildman–Crippen MR) is 165 cm³/mol. The van der Waals surface area contributed by atoms with Crippen LogP contribution in [-0.4, -0.2) is 41.7 Å². The number of hydrogen-bond donors (Lipinski definition) is 2. The van der Waals surface area contributed by atoms with Crippen molar-refractivity contribution in [2.75, 3.05) is 23.9 Å². The van der Waals surface area contributed by atoms with Crippen molar-refractivity contribution in [1.29, 1.82) is 0 Å². The quantitative estimate of drug-likeness (QED) is 0.224. The van der Waals surface area contributed by atoms with E-state index in [0.717, 1.165) is 40.1 Å². The van der Waals surface area contributed by atoms with Crippen LogP contribution < -0.4 is 24.6 Å². The lowest BCUT2D eigenvalue weighted by molar-refractivity contribution is -0.137. The lowest BCUT2D eigenvalue weighted by Crippen LogP contribution is -2.32. The topological polar surface area (TPSA) is 118 Å². The van der Waals surface area contributed by atoms with Gasteiger partial charge in [-0.3, -0.25) is 19.2 Å². The van der Waals surface area contributed by atoms with Crippen LogP contribution in [0, 0.1) is 5.92 Å². The molecular formula is C30H21BrF3N3O6S2. The third kappa shape index (κ3) is 5.87. The first-order valence-electron chi connectivity index (χ1n) is 13.3. The van der Waals surface area contributed by atoms with Crippen molar-refractivity contribution >= 4 is 68.1 Å². The van der Waals surface area contributed by atoms with Gasteiger partial charge in [-0.2, -0.15) is 13.2 Å². The number of carbonyl (C=O) groups excluding carboxylic acids is 3. The number of para-hydroxylation sites is 1. The van der Waals surface area contributed by atoms with Gasteiger partial charge in [0.15, 0.2) is 6.61 Å². The zero-order valence-electron chi connectivity index (χ0n) is 23.0. The Labute approximate surface area is 269 Å². The highest BCUT2D eigenvalue weighted by atomic mass is 79.9. The summed E-state index contributed by atoms with van der Waals surface area (Å²) in [5, 5.41) is 1.81. The van der Waals surface area contributed by atoms with Crippen molar-refractivity contribution in [2.24, 2.45) is 5.92 Å². The van der Waals surface area contributed by atoms with E-state index in [1.54, 1.807) is 42.5 Å². The molecule has 2 aliphatic rings. The Kier molecular flexibility index (Phi) is 8.26. The first kappa shape index (κ1) is 30.9. The van der Waals surface area contributed by atoms with E-state index >= 15 is 0 Å². The molecule has 45 heavy (non-hydrogen) atoms. The highest BCUT2D eigenvalue weighted by Crippen LogP contribution is 2.55. The summed E-state index contributed by atoms with van der Waals surface area (Å²) in [6.07, 6.45) is -4.68. The second-order valence-corrected chi connectivity index (χ2v) is 13.1. The average Bonchev–Trinajstić information content (AvgIpc) is 3.50. The number of halogens is 4. The van der Waals surface area contributed by atoms with E-state index in [2.05, 4.69) is 26.2 Å². The summed E-state index contributed by atoms with van der Waals surface area (Å²) in [4.78, 5) is 57.1. The van der Waals surface area contributed by atoms with Gasteiger partial charge in [0, 0.05) is 20.8 Å². The third-order valence-electron chi connectivity index (χ3n) is 7.33. The molecule has 1 fully saturated rings. The maximum atomic E-state index is 14.1. The highest BCUT2D eigenvalue weighted by molar-refractivity contribution is 9.10. The minimum atomic E-state index is -4.68. The molecule has 15 heteroatoms. The fraction of sp³-hybridized carbons (Fsp3) is 0.200. The number of benzene rings is 3. The number of thioether (sulfide) groups is 1. The summed E-state index contributed by atoms with van der Waals surface area (Å²) in [6.45, 7) is -0.655. The second-order valence-electron chi connectivity index (χ2n) is 10.0. The number of fused-ring (bicyclic) bond motifs is 2. The minimum absolute atomic E-state index is 0.156. The molecule has 0 spiro atoms. The molecule has 0 radical (unpaired) electrons. The van der Waals surface area contributed by atoms with E-state index < -0.39 is 58.8 Å². The van der Waals surface area contributed by atoms with Crippen molar-refractivity contribution in [3.63, 3.8) is 0 Å². The number of thiazole rings is 1. The van der Waals surface area contributed by atoms with Crippen LogP contribution in [0.5, 0.6) is 11.5 Å². The normalized spacial score (nSPS) is 19.2. The molecule has 0 bridgehead atoms. The van der Waals surface area contributed by atoms with Crippen LogP contribution in [0.15, 0.2) is 81.0 Å². The SMILES string of the molecule is COc1ccc(N2C(=O)C3Sc4[nH]c(=O)sc4[C@H](c4cc(Br)ccc4OCC(=O)Nc4ccccc4C(F)(F)F)C3C2=O)cc1. The zero-order chi connectivity index (χ0) is 32.0. The summed E-state index contributed by atoms with van der Waals surface area (Å²) < 4.78 is 51.9. The van der Waals surface area contributed by atoms with Crippen molar-refractivity contribution in [3.05, 3.63) is 96.9 Å². The molecule has 3 amide bonds. The number of anilines is 2. The van der Waals surface area contributed by atoms with Crippen LogP contribution in [0.25, 0.3) is 0 Å². The van der Waals surface area contributed by atoms with Gasteiger partial charge < -0.3 is 19.8 Å². The Balaban J connectivity index is 1.34. The molecule has 0 saturated carbocycles. The number of amides is 3. The predicted octanol–water partition coefficient (Wildman–Crippen LogP) is 6.04. The van der Waals surface area contributed by atoms with Gasteiger partial charge in [0.1, 0.15) is 16.7 Å². The van der Waals surface area contributed by atoms with Crippen molar-refractivity contribution < 1.29 is 37.0 Å². The smallest absolute Gasteiger partial charge is 0.418 e. The van der Waals surface area contributed by atoms with Crippen LogP contribution in [0.1, 0.15) is 21.9 Å². The number of nitrogens with one attached hydrogen (secondary N) is 2. The third-order valence-corrected chi connectivity index (χ3v) is 10.2. The Morgan fingerprint density at radius 3 is 2.49 bits per heavy atom. The van der Waals surface area contributed by atoms with Gasteiger partial charge in [-0.1, -0.05) is 51.2 Å². The standard InChI is InChI=1S/C30H21BrF3N3O6S2/c1-42-16-9-7-15(8-10-16)37-27(39)23-22(24-26(36-29(41)45-24)44-25(23)28(37)40)17-12-14(31)6-11-20(17)43-13-21(38)35-19-5-3-2-4-18(19)30(32,33)34/h2-12,22-23,25H,13H2,1H3,(H,35,38)(H,36,41)/t22-,23?,25?/m1/s1. The number of H-pyrrole nitrogens is 1. The minimum Gasteiger partial charge on any atom is -0.497 e. The fourth-order valence-electron chi connectivity index (χ4n) is 5.40.